The summed E-state index contributed by atoms with van der Waals surface area (Å²) in [6.07, 6.45) is 2.07. The first-order valence-corrected chi connectivity index (χ1v) is 9.42. The van der Waals surface area contributed by atoms with E-state index in [0.29, 0.717) is 24.3 Å². The topological polar surface area (TPSA) is 78.8 Å². The molecule has 0 aromatic carbocycles. The van der Waals surface area contributed by atoms with Crippen LogP contribution in [0.25, 0.3) is 10.7 Å². The summed E-state index contributed by atoms with van der Waals surface area (Å²) in [6, 6.07) is 7.78. The van der Waals surface area contributed by atoms with Crippen molar-refractivity contribution in [2.24, 2.45) is 0 Å². The summed E-state index contributed by atoms with van der Waals surface area (Å²) >= 11 is 6.88. The highest BCUT2D eigenvalue weighted by Gasteiger charge is 2.12. The van der Waals surface area contributed by atoms with Gasteiger partial charge in [-0.3, -0.25) is 14.5 Å². The first-order valence-electron chi connectivity index (χ1n) is 8.13. The van der Waals surface area contributed by atoms with Gasteiger partial charge in [-0.2, -0.15) is 5.10 Å². The second-order valence-electron chi connectivity index (χ2n) is 5.89. The van der Waals surface area contributed by atoms with Crippen molar-refractivity contribution in [3.05, 3.63) is 46.2 Å². The van der Waals surface area contributed by atoms with E-state index < -0.39 is 0 Å². The van der Waals surface area contributed by atoms with E-state index in [9.17, 15) is 4.79 Å². The quantitative estimate of drug-likeness (QED) is 0.609. The fourth-order valence-corrected chi connectivity index (χ4v) is 3.53. The molecule has 0 fully saturated rings. The number of H-pyrrole nitrogens is 1. The number of aromatic nitrogens is 4. The van der Waals surface area contributed by atoms with Crippen molar-refractivity contribution in [3.8, 4) is 10.7 Å². The number of carbonyl (C=O) groups excluding carboxylic acids is 1. The molecule has 1 amide bonds. The molecule has 3 aromatic heterocycles. The largest absolute Gasteiger partial charge is 0.362 e. The van der Waals surface area contributed by atoms with Crippen molar-refractivity contribution in [1.29, 1.82) is 0 Å². The van der Waals surface area contributed by atoms with E-state index in [-0.39, 0.29) is 5.91 Å². The molecule has 0 bridgehead atoms. The maximum Gasteiger partial charge on any atom is 0.222 e. The molecule has 0 saturated heterocycles. The van der Waals surface area contributed by atoms with Gasteiger partial charge in [-0.05, 0) is 29.7 Å². The van der Waals surface area contributed by atoms with Crippen LogP contribution in [0.3, 0.4) is 0 Å². The van der Waals surface area contributed by atoms with Crippen molar-refractivity contribution in [3.63, 3.8) is 0 Å². The first-order chi connectivity index (χ1) is 12.6. The molecule has 0 radical (unpaired) electrons. The summed E-state index contributed by atoms with van der Waals surface area (Å²) in [5.74, 6) is 1.57. The minimum absolute atomic E-state index is 0.0428. The standard InChI is InChI=1S/C17H20N6OS2/c1-22(2)15-12(5-3-8-18-15)11-19-14(24)7-9-23-16(20-21-17(23)25)13-6-4-10-26-13/h3-6,8,10H,7,9,11H2,1-2H3,(H,19,24)(H,21,25). The highest BCUT2D eigenvalue weighted by molar-refractivity contribution is 7.71. The van der Waals surface area contributed by atoms with Crippen molar-refractivity contribution in [2.75, 3.05) is 19.0 Å². The lowest BCUT2D eigenvalue weighted by atomic mass is 10.2. The molecule has 2 N–H and O–H groups in total. The molecule has 3 heterocycles. The molecule has 136 valence electrons. The second-order valence-corrected chi connectivity index (χ2v) is 7.22. The average Bonchev–Trinajstić information content (AvgIpc) is 3.28. The molecule has 9 heteroatoms. The average molecular weight is 389 g/mol. The van der Waals surface area contributed by atoms with Gasteiger partial charge in [-0.25, -0.2) is 4.98 Å². The van der Waals surface area contributed by atoms with Crippen LogP contribution in [0.2, 0.25) is 0 Å². The van der Waals surface area contributed by atoms with E-state index in [2.05, 4.69) is 20.5 Å². The highest BCUT2D eigenvalue weighted by Crippen LogP contribution is 2.22. The monoisotopic (exact) mass is 388 g/mol. The molecular weight excluding hydrogens is 368 g/mol. The van der Waals surface area contributed by atoms with Crippen molar-refractivity contribution in [1.82, 2.24) is 25.1 Å². The Morgan fingerprint density at radius 3 is 2.96 bits per heavy atom. The minimum Gasteiger partial charge on any atom is -0.362 e. The van der Waals surface area contributed by atoms with E-state index >= 15 is 0 Å². The van der Waals surface area contributed by atoms with Crippen LogP contribution in [0.15, 0.2) is 35.8 Å². The third kappa shape index (κ3) is 4.17. The van der Waals surface area contributed by atoms with Gasteiger partial charge >= 0.3 is 0 Å². The Hall–Kier alpha value is -2.52. The Labute approximate surface area is 160 Å². The minimum atomic E-state index is -0.0428. The maximum atomic E-state index is 12.3. The molecule has 0 aliphatic carbocycles. The van der Waals surface area contributed by atoms with Gasteiger partial charge < -0.3 is 10.2 Å². The number of hydrogen-bond donors (Lipinski definition) is 2. The number of nitrogens with zero attached hydrogens (tertiary/aromatic N) is 4. The summed E-state index contributed by atoms with van der Waals surface area (Å²) in [6.45, 7) is 0.913. The number of anilines is 1. The fourth-order valence-electron chi connectivity index (χ4n) is 2.59. The molecule has 3 rings (SSSR count). The van der Waals surface area contributed by atoms with Gasteiger partial charge in [0.2, 0.25) is 5.91 Å². The number of thiophene rings is 1. The normalized spacial score (nSPS) is 10.7. The predicted octanol–water partition coefficient (Wildman–Crippen LogP) is 2.84. The Morgan fingerprint density at radius 1 is 1.38 bits per heavy atom. The number of pyridine rings is 1. The van der Waals surface area contributed by atoms with Crippen LogP contribution < -0.4 is 10.2 Å². The van der Waals surface area contributed by atoms with Gasteiger partial charge in [-0.15, -0.1) is 11.3 Å². The summed E-state index contributed by atoms with van der Waals surface area (Å²) < 4.78 is 2.37. The van der Waals surface area contributed by atoms with Crippen LogP contribution >= 0.6 is 23.6 Å². The Bertz CT molecular complexity index is 929. The first kappa shape index (κ1) is 18.3. The molecular formula is C17H20N6OS2. The smallest absolute Gasteiger partial charge is 0.222 e. The van der Waals surface area contributed by atoms with Gasteiger partial charge in [0.15, 0.2) is 10.6 Å². The highest BCUT2D eigenvalue weighted by atomic mass is 32.1. The molecule has 0 atom stereocenters. The lowest BCUT2D eigenvalue weighted by molar-refractivity contribution is -0.121. The molecule has 0 aliphatic heterocycles. The van der Waals surface area contributed by atoms with E-state index in [1.807, 2.05) is 53.2 Å². The third-order valence-electron chi connectivity index (χ3n) is 3.83. The Morgan fingerprint density at radius 2 is 2.23 bits per heavy atom. The van der Waals surface area contributed by atoms with Crippen molar-refractivity contribution >= 4 is 35.3 Å². The molecule has 26 heavy (non-hydrogen) atoms. The molecule has 0 unspecified atom stereocenters. The molecule has 3 aromatic rings. The summed E-state index contributed by atoms with van der Waals surface area (Å²) in [5, 5.41) is 12.0. The number of carbonyl (C=O) groups is 1. The lowest BCUT2D eigenvalue weighted by Gasteiger charge is -2.16. The number of amides is 1. The zero-order valence-electron chi connectivity index (χ0n) is 14.6. The molecule has 0 spiro atoms. The van der Waals surface area contributed by atoms with Gasteiger partial charge in [0.05, 0.1) is 4.88 Å². The Balaban J connectivity index is 1.61. The van der Waals surface area contributed by atoms with Gasteiger partial charge in [-0.1, -0.05) is 12.1 Å². The summed E-state index contributed by atoms with van der Waals surface area (Å²) in [5.41, 5.74) is 0.977. The number of hydrogen-bond acceptors (Lipinski definition) is 6. The van der Waals surface area contributed by atoms with Crippen molar-refractivity contribution in [2.45, 2.75) is 19.5 Å². The van der Waals surface area contributed by atoms with Crippen LogP contribution in [-0.2, 0) is 17.9 Å². The van der Waals surface area contributed by atoms with Crippen LogP contribution in [0.4, 0.5) is 5.82 Å². The zero-order valence-corrected chi connectivity index (χ0v) is 16.2. The Kier molecular flexibility index (Phi) is 5.79. The number of rotatable bonds is 7. The van der Waals surface area contributed by atoms with Gasteiger partial charge in [0.1, 0.15) is 5.82 Å². The lowest BCUT2D eigenvalue weighted by Crippen LogP contribution is -2.25. The van der Waals surface area contributed by atoms with E-state index in [4.69, 9.17) is 12.2 Å². The number of aromatic amines is 1. The van der Waals surface area contributed by atoms with Crippen LogP contribution in [0.1, 0.15) is 12.0 Å². The predicted molar refractivity (Wildman–Crippen MR) is 106 cm³/mol. The van der Waals surface area contributed by atoms with Gasteiger partial charge in [0, 0.05) is 45.4 Å². The SMILES string of the molecule is CN(C)c1ncccc1CNC(=O)CCn1c(-c2cccs2)n[nH]c1=S. The molecule has 0 aliphatic rings. The van der Waals surface area contributed by atoms with Crippen molar-refractivity contribution < 1.29 is 4.79 Å². The summed E-state index contributed by atoms with van der Waals surface area (Å²) in [7, 11) is 3.86. The molecule has 7 nitrogen and oxygen atoms in total. The van der Waals surface area contributed by atoms with E-state index in [0.717, 1.165) is 22.1 Å². The second kappa shape index (κ2) is 8.24. The fraction of sp³-hybridized carbons (Fsp3) is 0.294. The summed E-state index contributed by atoms with van der Waals surface area (Å²) in [4.78, 5) is 19.6. The number of nitrogens with one attached hydrogen (secondary N) is 2. The van der Waals surface area contributed by atoms with Crippen LogP contribution in [0.5, 0.6) is 0 Å². The van der Waals surface area contributed by atoms with Crippen LogP contribution in [-0.4, -0.2) is 39.8 Å². The van der Waals surface area contributed by atoms with E-state index in [1.165, 1.54) is 0 Å². The van der Waals surface area contributed by atoms with E-state index in [1.54, 1.807) is 17.5 Å². The van der Waals surface area contributed by atoms with Gasteiger partial charge in [0.25, 0.3) is 0 Å². The maximum absolute atomic E-state index is 12.3. The molecule has 0 saturated carbocycles. The zero-order chi connectivity index (χ0) is 18.5. The van der Waals surface area contributed by atoms with Crippen LogP contribution in [0, 0.1) is 4.77 Å². The third-order valence-corrected chi connectivity index (χ3v) is 5.01.